The first-order valence-corrected chi connectivity index (χ1v) is 5.02. The van der Waals surface area contributed by atoms with Crippen LogP contribution in [0.3, 0.4) is 0 Å². The van der Waals surface area contributed by atoms with Crippen molar-refractivity contribution in [3.05, 3.63) is 23.8 Å². The number of amides is 1. The molecule has 16 heavy (non-hydrogen) atoms. The van der Waals surface area contributed by atoms with Crippen LogP contribution in [0.1, 0.15) is 18.4 Å². The van der Waals surface area contributed by atoms with Gasteiger partial charge in [-0.15, -0.1) is 0 Å². The number of nitrogens with one attached hydrogen (secondary N) is 1. The van der Waals surface area contributed by atoms with Crippen molar-refractivity contribution in [1.82, 2.24) is 5.43 Å². The van der Waals surface area contributed by atoms with Gasteiger partial charge in [0.2, 0.25) is 5.91 Å². The summed E-state index contributed by atoms with van der Waals surface area (Å²) in [5.74, 6) is -0.463. The topological polar surface area (TPSA) is 81.9 Å². The summed E-state index contributed by atoms with van der Waals surface area (Å²) in [4.78, 5) is 11.2. The first-order chi connectivity index (χ1) is 7.68. The number of benzene rings is 1. The molecule has 3 N–H and O–H groups in total. The average molecular weight is 220 g/mol. The van der Waals surface area contributed by atoms with E-state index in [0.717, 1.165) is 12.8 Å². The molecule has 0 spiro atoms. The highest BCUT2D eigenvalue weighted by atomic mass is 16.3. The van der Waals surface area contributed by atoms with E-state index >= 15 is 0 Å². The van der Waals surface area contributed by atoms with Crippen LogP contribution in [0.25, 0.3) is 0 Å². The van der Waals surface area contributed by atoms with Gasteiger partial charge in [-0.05, 0) is 25.0 Å². The van der Waals surface area contributed by atoms with Gasteiger partial charge in [0.15, 0.2) is 11.5 Å². The van der Waals surface area contributed by atoms with Gasteiger partial charge in [-0.2, -0.15) is 5.10 Å². The first-order valence-electron chi connectivity index (χ1n) is 5.02. The number of rotatable bonds is 3. The fraction of sp³-hybridized carbons (Fsp3) is 0.273. The molecule has 0 unspecified atom stereocenters. The van der Waals surface area contributed by atoms with Crippen molar-refractivity contribution in [3.63, 3.8) is 0 Å². The van der Waals surface area contributed by atoms with Gasteiger partial charge in [0.05, 0.1) is 6.21 Å². The Kier molecular flexibility index (Phi) is 2.76. The predicted molar refractivity (Wildman–Crippen MR) is 58.2 cm³/mol. The maximum absolute atomic E-state index is 11.2. The smallest absolute Gasteiger partial charge is 0.243 e. The number of nitrogens with zero attached hydrogens (tertiary/aromatic N) is 1. The summed E-state index contributed by atoms with van der Waals surface area (Å²) in [5.41, 5.74) is 2.74. The average Bonchev–Trinajstić information content (AvgIpc) is 3.07. The minimum atomic E-state index is -0.244. The molecule has 0 heterocycles. The van der Waals surface area contributed by atoms with E-state index in [0.29, 0.717) is 5.56 Å². The Bertz CT molecular complexity index is 439. The number of phenolic OH excluding ortho intramolecular Hbond substituents is 2. The van der Waals surface area contributed by atoms with Gasteiger partial charge in [-0.3, -0.25) is 4.79 Å². The summed E-state index contributed by atoms with van der Waals surface area (Å²) < 4.78 is 0. The lowest BCUT2D eigenvalue weighted by Crippen LogP contribution is -2.18. The molecule has 84 valence electrons. The van der Waals surface area contributed by atoms with Gasteiger partial charge >= 0.3 is 0 Å². The Morgan fingerprint density at radius 2 is 2.19 bits per heavy atom. The van der Waals surface area contributed by atoms with Crippen molar-refractivity contribution in [2.45, 2.75) is 12.8 Å². The number of para-hydroxylation sites is 1. The predicted octanol–water partition coefficient (Wildman–Crippen LogP) is 0.958. The SMILES string of the molecule is O=C(NN=Cc1cccc(O)c1O)C1CC1. The molecule has 0 saturated heterocycles. The zero-order chi connectivity index (χ0) is 11.5. The van der Waals surface area contributed by atoms with Gasteiger partial charge in [0.25, 0.3) is 0 Å². The van der Waals surface area contributed by atoms with E-state index in [1.807, 2.05) is 0 Å². The highest BCUT2D eigenvalue weighted by Gasteiger charge is 2.29. The second-order valence-electron chi connectivity index (χ2n) is 3.72. The van der Waals surface area contributed by atoms with Crippen molar-refractivity contribution >= 4 is 12.1 Å². The van der Waals surface area contributed by atoms with Crippen LogP contribution >= 0.6 is 0 Å². The molecule has 5 heteroatoms. The third-order valence-electron chi connectivity index (χ3n) is 2.37. The molecule has 1 aromatic rings. The van der Waals surface area contributed by atoms with Crippen molar-refractivity contribution < 1.29 is 15.0 Å². The van der Waals surface area contributed by atoms with Crippen LogP contribution in [-0.4, -0.2) is 22.3 Å². The number of phenols is 2. The quantitative estimate of drug-likeness (QED) is 0.403. The van der Waals surface area contributed by atoms with Gasteiger partial charge in [-0.1, -0.05) is 6.07 Å². The lowest BCUT2D eigenvalue weighted by molar-refractivity contribution is -0.122. The third-order valence-corrected chi connectivity index (χ3v) is 2.37. The fourth-order valence-electron chi connectivity index (χ4n) is 1.26. The van der Waals surface area contributed by atoms with Gasteiger partial charge in [-0.25, -0.2) is 5.43 Å². The van der Waals surface area contributed by atoms with E-state index < -0.39 is 0 Å². The van der Waals surface area contributed by atoms with Gasteiger partial charge in [0, 0.05) is 11.5 Å². The first kappa shape index (κ1) is 10.5. The van der Waals surface area contributed by atoms with E-state index in [1.165, 1.54) is 12.3 Å². The van der Waals surface area contributed by atoms with E-state index in [9.17, 15) is 15.0 Å². The number of hydrazone groups is 1. The number of hydrogen-bond donors (Lipinski definition) is 3. The third kappa shape index (κ3) is 2.31. The normalized spacial score (nSPS) is 15.2. The molecule has 0 radical (unpaired) electrons. The minimum Gasteiger partial charge on any atom is -0.504 e. The van der Waals surface area contributed by atoms with Crippen molar-refractivity contribution in [1.29, 1.82) is 0 Å². The standard InChI is InChI=1S/C11H12N2O3/c14-9-3-1-2-8(10(9)15)6-12-13-11(16)7-4-5-7/h1-3,6-7,14-15H,4-5H2,(H,13,16). The Hall–Kier alpha value is -2.04. The molecule has 0 bridgehead atoms. The van der Waals surface area contributed by atoms with E-state index in [-0.39, 0.29) is 23.3 Å². The van der Waals surface area contributed by atoms with Crippen molar-refractivity contribution in [2.24, 2.45) is 11.0 Å². The zero-order valence-corrected chi connectivity index (χ0v) is 8.55. The maximum Gasteiger partial charge on any atom is 0.243 e. The molecule has 1 aromatic carbocycles. The lowest BCUT2D eigenvalue weighted by Gasteiger charge is -2.00. The van der Waals surface area contributed by atoms with E-state index in [1.54, 1.807) is 12.1 Å². The summed E-state index contributed by atoms with van der Waals surface area (Å²) >= 11 is 0. The molecule has 1 aliphatic carbocycles. The summed E-state index contributed by atoms with van der Waals surface area (Å²) in [5, 5.41) is 22.3. The Labute approximate surface area is 92.4 Å². The minimum absolute atomic E-state index is 0.0925. The molecule has 1 fully saturated rings. The molecular weight excluding hydrogens is 208 g/mol. The van der Waals surface area contributed by atoms with Crippen LogP contribution in [0.5, 0.6) is 11.5 Å². The molecule has 5 nitrogen and oxygen atoms in total. The summed E-state index contributed by atoms with van der Waals surface area (Å²) in [7, 11) is 0. The van der Waals surface area contributed by atoms with Crippen LogP contribution in [-0.2, 0) is 4.79 Å². The Morgan fingerprint density at radius 1 is 1.44 bits per heavy atom. The van der Waals surface area contributed by atoms with Crippen LogP contribution in [0.15, 0.2) is 23.3 Å². The summed E-state index contributed by atoms with van der Waals surface area (Å²) in [6.07, 6.45) is 3.13. The number of carbonyl (C=O) groups is 1. The Balaban J connectivity index is 1.99. The van der Waals surface area contributed by atoms with Gasteiger partial charge in [0.1, 0.15) is 0 Å². The van der Waals surface area contributed by atoms with Crippen LogP contribution in [0.2, 0.25) is 0 Å². The molecule has 1 aliphatic rings. The number of carbonyl (C=O) groups excluding carboxylic acids is 1. The summed E-state index contributed by atoms with van der Waals surface area (Å²) in [6.45, 7) is 0. The highest BCUT2D eigenvalue weighted by Crippen LogP contribution is 2.29. The number of hydrogen-bond acceptors (Lipinski definition) is 4. The van der Waals surface area contributed by atoms with Gasteiger partial charge < -0.3 is 10.2 Å². The summed E-state index contributed by atoms with van der Waals surface area (Å²) in [6, 6.07) is 4.54. The van der Waals surface area contributed by atoms with E-state index in [4.69, 9.17) is 0 Å². The second-order valence-corrected chi connectivity index (χ2v) is 3.72. The maximum atomic E-state index is 11.2. The van der Waals surface area contributed by atoms with Crippen molar-refractivity contribution in [2.75, 3.05) is 0 Å². The molecule has 1 amide bonds. The second kappa shape index (κ2) is 4.22. The lowest BCUT2D eigenvalue weighted by atomic mass is 10.2. The fourth-order valence-corrected chi connectivity index (χ4v) is 1.26. The van der Waals surface area contributed by atoms with Crippen LogP contribution in [0.4, 0.5) is 0 Å². The Morgan fingerprint density at radius 3 is 2.88 bits per heavy atom. The highest BCUT2D eigenvalue weighted by molar-refractivity contribution is 5.87. The molecule has 0 atom stereocenters. The molecule has 0 aliphatic heterocycles. The number of aromatic hydroxyl groups is 2. The van der Waals surface area contributed by atoms with E-state index in [2.05, 4.69) is 10.5 Å². The van der Waals surface area contributed by atoms with Crippen LogP contribution < -0.4 is 5.43 Å². The molecule has 2 rings (SSSR count). The monoisotopic (exact) mass is 220 g/mol. The molecular formula is C11H12N2O3. The zero-order valence-electron chi connectivity index (χ0n) is 8.55. The van der Waals surface area contributed by atoms with Crippen molar-refractivity contribution in [3.8, 4) is 11.5 Å². The molecule has 1 saturated carbocycles. The molecule has 0 aromatic heterocycles. The van der Waals surface area contributed by atoms with Crippen LogP contribution in [0, 0.1) is 5.92 Å². The largest absolute Gasteiger partial charge is 0.504 e.